The van der Waals surface area contributed by atoms with Crippen LogP contribution in [0.5, 0.6) is 0 Å². The molecule has 1 saturated heterocycles. The molecule has 12 heteroatoms. The van der Waals surface area contributed by atoms with Crippen molar-refractivity contribution in [3.63, 3.8) is 0 Å². The number of rotatable bonds is 7. The number of hydrogen-bond acceptors (Lipinski definition) is 8. The summed E-state index contributed by atoms with van der Waals surface area (Å²) in [7, 11) is 2.17. The smallest absolute Gasteiger partial charge is 0.351 e. The highest BCUT2D eigenvalue weighted by molar-refractivity contribution is 7.36. The average Bonchev–Trinajstić information content (AvgIpc) is 2.87. The summed E-state index contributed by atoms with van der Waals surface area (Å²) in [4.78, 5) is 27.0. The highest BCUT2D eigenvalue weighted by Gasteiger charge is 2.45. The first-order valence-electron chi connectivity index (χ1n) is 7.81. The van der Waals surface area contributed by atoms with E-state index in [2.05, 4.69) is 10.3 Å². The van der Waals surface area contributed by atoms with Crippen LogP contribution in [0.1, 0.15) is 13.2 Å². The fourth-order valence-corrected chi connectivity index (χ4v) is 3.04. The molecule has 1 aliphatic heterocycles. The van der Waals surface area contributed by atoms with E-state index in [-0.39, 0.29) is 18.3 Å². The van der Waals surface area contributed by atoms with Crippen LogP contribution >= 0.6 is 8.18 Å². The third-order valence-electron chi connectivity index (χ3n) is 3.73. The van der Waals surface area contributed by atoms with E-state index in [1.807, 2.05) is 0 Å². The van der Waals surface area contributed by atoms with Gasteiger partial charge in [-0.05, 0) is 20.2 Å². The first-order valence-corrected chi connectivity index (χ1v) is 9.08. The Bertz CT molecular complexity index is 725. The number of carbonyl (C=O) groups excluding carboxylic acids is 1. The number of ether oxygens (including phenoxy) is 2. The molecule has 1 aliphatic rings. The van der Waals surface area contributed by atoms with E-state index in [9.17, 15) is 19.3 Å². The Kier molecular flexibility index (Phi) is 7.04. The molecule has 3 unspecified atom stereocenters. The summed E-state index contributed by atoms with van der Waals surface area (Å²) in [5, 5.41) is 12.8. The Morgan fingerprint density at radius 1 is 1.54 bits per heavy atom. The number of amides is 1. The molecule has 1 aromatic heterocycles. The van der Waals surface area contributed by atoms with E-state index < -0.39 is 38.4 Å². The van der Waals surface area contributed by atoms with Crippen molar-refractivity contribution in [3.05, 3.63) is 22.7 Å². The zero-order valence-electron chi connectivity index (χ0n) is 14.9. The molecular weight excluding hydrogens is 367 g/mol. The van der Waals surface area contributed by atoms with Crippen molar-refractivity contribution in [1.29, 1.82) is 0 Å². The minimum absolute atomic E-state index is 0.107. The first kappa shape index (κ1) is 20.7. The van der Waals surface area contributed by atoms with Gasteiger partial charge >= 0.3 is 5.69 Å². The Hall–Kier alpha value is -1.62. The van der Waals surface area contributed by atoms with E-state index in [1.54, 1.807) is 14.1 Å². The molecule has 2 rings (SSSR count). The molecule has 0 aliphatic carbocycles. The van der Waals surface area contributed by atoms with Crippen LogP contribution in [0.15, 0.2) is 17.1 Å². The van der Waals surface area contributed by atoms with Crippen molar-refractivity contribution in [2.24, 2.45) is 0 Å². The molecule has 1 aromatic rings. The van der Waals surface area contributed by atoms with Crippen molar-refractivity contribution in [2.75, 3.05) is 33.1 Å². The summed E-state index contributed by atoms with van der Waals surface area (Å²) in [6.45, 7) is 1.17. The molecule has 26 heavy (non-hydrogen) atoms. The molecule has 0 radical (unpaired) electrons. The normalized spacial score (nSPS) is 26.8. The highest BCUT2D eigenvalue weighted by atomic mass is 31.1. The van der Waals surface area contributed by atoms with Crippen molar-refractivity contribution >= 4 is 19.9 Å². The quantitative estimate of drug-likeness (QED) is 0.588. The standard InChI is InChI=1S/C14H23N4O7P/c1-8(19)15-10-5-6-18(14(21)16-10)13-12(23-4)11(20)9(25-13)7-24-26(22)17(2)3/h5-6,9,11-13,20,26H,7H2,1-4H3,(H,15,16,19,21)/t9-,11?,12?,13-/m1/s1. The third-order valence-corrected chi connectivity index (χ3v) is 4.87. The number of anilines is 1. The number of aliphatic hydroxyl groups excluding tert-OH is 1. The van der Waals surface area contributed by atoms with Gasteiger partial charge in [0, 0.05) is 20.2 Å². The summed E-state index contributed by atoms with van der Waals surface area (Å²) in [6.07, 6.45) is -2.34. The lowest BCUT2D eigenvalue weighted by atomic mass is 10.1. The van der Waals surface area contributed by atoms with E-state index in [0.29, 0.717) is 0 Å². The Morgan fingerprint density at radius 3 is 2.77 bits per heavy atom. The van der Waals surface area contributed by atoms with Crippen LogP contribution in [0.25, 0.3) is 0 Å². The molecule has 1 fully saturated rings. The highest BCUT2D eigenvalue weighted by Crippen LogP contribution is 2.33. The van der Waals surface area contributed by atoms with Crippen LogP contribution in [0, 0.1) is 0 Å². The second-order valence-corrected chi connectivity index (χ2v) is 7.63. The van der Waals surface area contributed by atoms with Crippen LogP contribution < -0.4 is 11.0 Å². The molecule has 5 atom stereocenters. The fraction of sp³-hybridized carbons (Fsp3) is 0.643. The minimum Gasteiger partial charge on any atom is -0.387 e. The van der Waals surface area contributed by atoms with Crippen molar-refractivity contribution in [3.8, 4) is 0 Å². The van der Waals surface area contributed by atoms with Crippen molar-refractivity contribution in [1.82, 2.24) is 14.2 Å². The molecule has 2 N–H and O–H groups in total. The van der Waals surface area contributed by atoms with Gasteiger partial charge in [-0.15, -0.1) is 0 Å². The molecule has 0 spiro atoms. The number of nitrogens with zero attached hydrogens (tertiary/aromatic N) is 3. The second-order valence-electron chi connectivity index (χ2n) is 5.91. The van der Waals surface area contributed by atoms with Crippen LogP contribution in [0.4, 0.5) is 5.82 Å². The van der Waals surface area contributed by atoms with E-state index in [0.717, 1.165) is 4.57 Å². The molecule has 0 bridgehead atoms. The summed E-state index contributed by atoms with van der Waals surface area (Å²) in [5.74, 6) is -0.249. The number of hydrogen-bond donors (Lipinski definition) is 2. The van der Waals surface area contributed by atoms with Gasteiger partial charge in [-0.3, -0.25) is 13.9 Å². The first-order chi connectivity index (χ1) is 12.2. The van der Waals surface area contributed by atoms with Crippen LogP contribution in [0.3, 0.4) is 0 Å². The second kappa shape index (κ2) is 8.85. The zero-order chi connectivity index (χ0) is 19.4. The SMILES string of the molecule is COC1C(O)[C@@H](CO[PH](=O)N(C)C)O[C@H]1n1ccc(NC(C)=O)nc1=O. The summed E-state index contributed by atoms with van der Waals surface area (Å²) in [5.41, 5.74) is -0.682. The third kappa shape index (κ3) is 4.76. The van der Waals surface area contributed by atoms with Crippen LogP contribution in [-0.2, 0) is 23.4 Å². The molecule has 2 heterocycles. The predicted octanol–water partition coefficient (Wildman–Crippen LogP) is -0.557. The summed E-state index contributed by atoms with van der Waals surface area (Å²) < 4.78 is 30.4. The van der Waals surface area contributed by atoms with E-state index in [4.69, 9.17) is 14.0 Å². The number of carbonyl (C=O) groups is 1. The lowest BCUT2D eigenvalue weighted by Crippen LogP contribution is -2.37. The van der Waals surface area contributed by atoms with E-state index in [1.165, 1.54) is 31.0 Å². The van der Waals surface area contributed by atoms with Gasteiger partial charge in [0.1, 0.15) is 24.1 Å². The predicted molar refractivity (Wildman–Crippen MR) is 92.2 cm³/mol. The Balaban J connectivity index is 2.16. The fourth-order valence-electron chi connectivity index (χ4n) is 2.47. The summed E-state index contributed by atoms with van der Waals surface area (Å²) >= 11 is 0. The molecular formula is C14H23N4O7P. The summed E-state index contributed by atoms with van der Waals surface area (Å²) in [6, 6.07) is 1.43. The topological polar surface area (TPSA) is 132 Å². The zero-order valence-corrected chi connectivity index (χ0v) is 15.9. The Labute approximate surface area is 150 Å². The van der Waals surface area contributed by atoms with Gasteiger partial charge in [-0.25, -0.2) is 9.46 Å². The van der Waals surface area contributed by atoms with E-state index >= 15 is 0 Å². The van der Waals surface area contributed by atoms with Gasteiger partial charge in [0.15, 0.2) is 6.23 Å². The van der Waals surface area contributed by atoms with Crippen LogP contribution in [-0.4, -0.2) is 71.4 Å². The number of methoxy groups -OCH3 is 1. The number of aliphatic hydroxyl groups is 1. The monoisotopic (exact) mass is 390 g/mol. The molecule has 146 valence electrons. The number of aromatic nitrogens is 2. The minimum atomic E-state index is -2.42. The van der Waals surface area contributed by atoms with Gasteiger partial charge in [0.25, 0.3) is 8.18 Å². The lowest BCUT2D eigenvalue weighted by Gasteiger charge is -2.20. The maximum atomic E-state index is 12.2. The Morgan fingerprint density at radius 2 is 2.23 bits per heavy atom. The van der Waals surface area contributed by atoms with Crippen molar-refractivity contribution < 1.29 is 28.5 Å². The van der Waals surface area contributed by atoms with Gasteiger partial charge in [0.05, 0.1) is 6.61 Å². The van der Waals surface area contributed by atoms with Gasteiger partial charge < -0.3 is 24.4 Å². The van der Waals surface area contributed by atoms with Gasteiger partial charge in [-0.2, -0.15) is 4.98 Å². The molecule has 0 saturated carbocycles. The molecule has 0 aromatic carbocycles. The lowest BCUT2D eigenvalue weighted by molar-refractivity contribution is -0.114. The van der Waals surface area contributed by atoms with Gasteiger partial charge in [-0.1, -0.05) is 0 Å². The van der Waals surface area contributed by atoms with Crippen LogP contribution in [0.2, 0.25) is 0 Å². The van der Waals surface area contributed by atoms with Crippen molar-refractivity contribution in [2.45, 2.75) is 31.5 Å². The van der Waals surface area contributed by atoms with Gasteiger partial charge in [0.2, 0.25) is 5.91 Å². The largest absolute Gasteiger partial charge is 0.387 e. The molecule has 1 amide bonds. The maximum absolute atomic E-state index is 12.2. The molecule has 11 nitrogen and oxygen atoms in total. The maximum Gasteiger partial charge on any atom is 0.351 e. The number of nitrogens with one attached hydrogen (secondary N) is 1. The average molecular weight is 390 g/mol.